The fourth-order valence-corrected chi connectivity index (χ4v) is 1.97. The molecule has 1 atom stereocenters. The number of rotatable bonds is 12. The summed E-state index contributed by atoms with van der Waals surface area (Å²) in [6.45, 7) is 2.53. The van der Waals surface area contributed by atoms with Gasteiger partial charge in [0, 0.05) is 6.61 Å². The van der Waals surface area contributed by atoms with Gasteiger partial charge in [-0.1, -0.05) is 58.3 Å². The summed E-state index contributed by atoms with van der Waals surface area (Å²) < 4.78 is 0. The Hall–Kier alpha value is -0.0800. The van der Waals surface area contributed by atoms with Crippen molar-refractivity contribution < 1.29 is 10.2 Å². The standard InChI is InChI=1S/C14H30O2/c1-2-3-4-8-11-14(16)12-9-6-5-7-10-13-15/h14-16H,2-13H2,1H3/t14-/m0/s1. The van der Waals surface area contributed by atoms with Crippen LogP contribution in [0.5, 0.6) is 0 Å². The van der Waals surface area contributed by atoms with Gasteiger partial charge in [-0.2, -0.15) is 0 Å². The van der Waals surface area contributed by atoms with Crippen molar-refractivity contribution >= 4 is 0 Å². The molecular formula is C14H30O2. The third kappa shape index (κ3) is 12.0. The average Bonchev–Trinajstić information content (AvgIpc) is 2.29. The lowest BCUT2D eigenvalue weighted by molar-refractivity contribution is 0.147. The molecule has 2 nitrogen and oxygen atoms in total. The minimum atomic E-state index is -0.0744. The Balaban J connectivity index is 3.08. The number of aliphatic hydroxyl groups excluding tert-OH is 2. The van der Waals surface area contributed by atoms with Gasteiger partial charge < -0.3 is 10.2 Å². The fraction of sp³-hybridized carbons (Fsp3) is 1.00. The molecule has 0 rings (SSSR count). The molecule has 0 aromatic carbocycles. The topological polar surface area (TPSA) is 40.5 Å². The molecule has 0 aliphatic rings. The van der Waals surface area contributed by atoms with Crippen LogP contribution in [0.2, 0.25) is 0 Å². The predicted octanol–water partition coefficient (Wildman–Crippen LogP) is 3.65. The van der Waals surface area contributed by atoms with Crippen LogP contribution < -0.4 is 0 Å². The maximum absolute atomic E-state index is 9.71. The zero-order chi connectivity index (χ0) is 12.1. The summed E-state index contributed by atoms with van der Waals surface area (Å²) in [6, 6.07) is 0. The van der Waals surface area contributed by atoms with Gasteiger partial charge in [0.25, 0.3) is 0 Å². The van der Waals surface area contributed by atoms with Gasteiger partial charge in [-0.15, -0.1) is 0 Å². The van der Waals surface area contributed by atoms with Crippen molar-refractivity contribution in [2.24, 2.45) is 0 Å². The van der Waals surface area contributed by atoms with Gasteiger partial charge in [0.15, 0.2) is 0 Å². The van der Waals surface area contributed by atoms with Gasteiger partial charge >= 0.3 is 0 Å². The first kappa shape index (κ1) is 15.9. The average molecular weight is 230 g/mol. The Bertz CT molecular complexity index is 126. The molecule has 98 valence electrons. The summed E-state index contributed by atoms with van der Waals surface area (Å²) in [5.41, 5.74) is 0. The molecule has 0 unspecified atom stereocenters. The highest BCUT2D eigenvalue weighted by atomic mass is 16.3. The lowest BCUT2D eigenvalue weighted by Gasteiger charge is -2.09. The van der Waals surface area contributed by atoms with Crippen molar-refractivity contribution in [1.82, 2.24) is 0 Å². The zero-order valence-corrected chi connectivity index (χ0v) is 11.0. The van der Waals surface area contributed by atoms with E-state index in [0.717, 1.165) is 32.1 Å². The van der Waals surface area contributed by atoms with E-state index in [0.29, 0.717) is 6.61 Å². The molecule has 0 heterocycles. The van der Waals surface area contributed by atoms with Crippen LogP contribution in [-0.4, -0.2) is 22.9 Å². The maximum atomic E-state index is 9.71. The van der Waals surface area contributed by atoms with Gasteiger partial charge in [0.05, 0.1) is 6.10 Å². The summed E-state index contributed by atoms with van der Waals surface area (Å²) in [7, 11) is 0. The quantitative estimate of drug-likeness (QED) is 0.502. The van der Waals surface area contributed by atoms with Crippen molar-refractivity contribution in [3.8, 4) is 0 Å². The first-order valence-corrected chi connectivity index (χ1v) is 7.10. The molecule has 0 saturated carbocycles. The van der Waals surface area contributed by atoms with E-state index < -0.39 is 0 Å². The number of hydrogen-bond donors (Lipinski definition) is 2. The van der Waals surface area contributed by atoms with Crippen LogP contribution in [0.4, 0.5) is 0 Å². The molecule has 0 amide bonds. The highest BCUT2D eigenvalue weighted by Crippen LogP contribution is 2.12. The number of aliphatic hydroxyl groups is 2. The third-order valence-corrected chi connectivity index (χ3v) is 3.09. The lowest BCUT2D eigenvalue weighted by Crippen LogP contribution is -2.05. The molecule has 0 aliphatic heterocycles. The molecule has 2 N–H and O–H groups in total. The molecule has 0 bridgehead atoms. The largest absolute Gasteiger partial charge is 0.396 e. The first-order chi connectivity index (χ1) is 7.81. The highest BCUT2D eigenvalue weighted by Gasteiger charge is 2.03. The Morgan fingerprint density at radius 2 is 1.25 bits per heavy atom. The van der Waals surface area contributed by atoms with Gasteiger partial charge in [-0.25, -0.2) is 0 Å². The molecule has 0 saturated heterocycles. The monoisotopic (exact) mass is 230 g/mol. The smallest absolute Gasteiger partial charge is 0.0540 e. The summed E-state index contributed by atoms with van der Waals surface area (Å²) in [4.78, 5) is 0. The fourth-order valence-electron chi connectivity index (χ4n) is 1.97. The lowest BCUT2D eigenvalue weighted by atomic mass is 10.0. The molecule has 0 aromatic rings. The second-order valence-electron chi connectivity index (χ2n) is 4.78. The van der Waals surface area contributed by atoms with Crippen LogP contribution in [0.15, 0.2) is 0 Å². The highest BCUT2D eigenvalue weighted by molar-refractivity contribution is 4.57. The van der Waals surface area contributed by atoms with E-state index in [1.807, 2.05) is 0 Å². The van der Waals surface area contributed by atoms with E-state index in [1.165, 1.54) is 38.5 Å². The zero-order valence-electron chi connectivity index (χ0n) is 11.0. The van der Waals surface area contributed by atoms with Crippen molar-refractivity contribution in [3.63, 3.8) is 0 Å². The second-order valence-corrected chi connectivity index (χ2v) is 4.78. The molecule has 0 fully saturated rings. The van der Waals surface area contributed by atoms with Gasteiger partial charge in [0.2, 0.25) is 0 Å². The van der Waals surface area contributed by atoms with Gasteiger partial charge in [0.1, 0.15) is 0 Å². The van der Waals surface area contributed by atoms with E-state index >= 15 is 0 Å². The van der Waals surface area contributed by atoms with Crippen LogP contribution in [0.25, 0.3) is 0 Å². The van der Waals surface area contributed by atoms with E-state index in [2.05, 4.69) is 6.92 Å². The molecule has 2 heteroatoms. The molecule has 0 aromatic heterocycles. The van der Waals surface area contributed by atoms with Crippen LogP contribution in [0.3, 0.4) is 0 Å². The minimum absolute atomic E-state index is 0.0744. The summed E-state index contributed by atoms with van der Waals surface area (Å²) in [5, 5.41) is 18.3. The van der Waals surface area contributed by atoms with Crippen molar-refractivity contribution in [2.75, 3.05) is 6.61 Å². The number of hydrogen-bond acceptors (Lipinski definition) is 2. The van der Waals surface area contributed by atoms with E-state index in [1.54, 1.807) is 0 Å². The SMILES string of the molecule is CCCCCC[C@H](O)CCCCCCCO. The van der Waals surface area contributed by atoms with E-state index in [-0.39, 0.29) is 6.10 Å². The van der Waals surface area contributed by atoms with Crippen molar-refractivity contribution in [3.05, 3.63) is 0 Å². The Morgan fingerprint density at radius 3 is 1.81 bits per heavy atom. The van der Waals surface area contributed by atoms with Crippen LogP contribution in [-0.2, 0) is 0 Å². The molecular weight excluding hydrogens is 200 g/mol. The van der Waals surface area contributed by atoms with E-state index in [4.69, 9.17) is 5.11 Å². The normalized spacial score (nSPS) is 12.9. The summed E-state index contributed by atoms with van der Waals surface area (Å²) in [5.74, 6) is 0. The van der Waals surface area contributed by atoms with Gasteiger partial charge in [-0.05, 0) is 19.3 Å². The molecule has 16 heavy (non-hydrogen) atoms. The molecule has 0 radical (unpaired) electrons. The molecule has 0 spiro atoms. The predicted molar refractivity (Wildman–Crippen MR) is 69.6 cm³/mol. The Morgan fingerprint density at radius 1 is 0.750 bits per heavy atom. The summed E-state index contributed by atoms with van der Waals surface area (Å²) in [6.07, 6.45) is 12.5. The van der Waals surface area contributed by atoms with E-state index in [9.17, 15) is 5.11 Å². The third-order valence-electron chi connectivity index (χ3n) is 3.09. The second kappa shape index (κ2) is 13.0. The van der Waals surface area contributed by atoms with Gasteiger partial charge in [-0.3, -0.25) is 0 Å². The number of unbranched alkanes of at least 4 members (excludes halogenated alkanes) is 7. The Kier molecular flexibility index (Phi) is 12.9. The van der Waals surface area contributed by atoms with Crippen LogP contribution in [0, 0.1) is 0 Å². The first-order valence-electron chi connectivity index (χ1n) is 7.10. The van der Waals surface area contributed by atoms with Crippen molar-refractivity contribution in [2.45, 2.75) is 83.7 Å². The van der Waals surface area contributed by atoms with Crippen LogP contribution in [0.1, 0.15) is 77.6 Å². The van der Waals surface area contributed by atoms with Crippen LogP contribution >= 0.6 is 0 Å². The van der Waals surface area contributed by atoms with Crippen molar-refractivity contribution in [1.29, 1.82) is 0 Å². The minimum Gasteiger partial charge on any atom is -0.396 e. The molecule has 0 aliphatic carbocycles. The summed E-state index contributed by atoms with van der Waals surface area (Å²) >= 11 is 0. The maximum Gasteiger partial charge on any atom is 0.0540 e. The Labute approximate surface area is 101 Å².